The van der Waals surface area contributed by atoms with Crippen LogP contribution in [0.3, 0.4) is 0 Å². The fraction of sp³-hybridized carbons (Fsp3) is 0.350. The number of aryl methyl sites for hydroxylation is 2. The lowest BCUT2D eigenvalue weighted by Gasteiger charge is -2.23. The average molecular weight is 463 g/mol. The molecule has 1 aliphatic rings. The first-order valence-electron chi connectivity index (χ1n) is 9.87. The summed E-state index contributed by atoms with van der Waals surface area (Å²) in [5.41, 5.74) is 0.684. The molecule has 0 fully saturated rings. The highest BCUT2D eigenvalue weighted by Gasteiger charge is 2.36. The van der Waals surface area contributed by atoms with Gasteiger partial charge in [0.2, 0.25) is 0 Å². The van der Waals surface area contributed by atoms with Gasteiger partial charge in [-0.2, -0.15) is 18.2 Å². The summed E-state index contributed by atoms with van der Waals surface area (Å²) in [6.45, 7) is 0. The van der Waals surface area contributed by atoms with Gasteiger partial charge < -0.3 is 19.5 Å². The predicted octanol–water partition coefficient (Wildman–Crippen LogP) is 2.94. The molecule has 0 bridgehead atoms. The third-order valence-electron chi connectivity index (χ3n) is 5.38. The number of anilines is 1. The lowest BCUT2D eigenvalue weighted by molar-refractivity contribution is -0.141. The summed E-state index contributed by atoms with van der Waals surface area (Å²) in [4.78, 5) is 34.0. The smallest absolute Gasteiger partial charge is 0.373 e. The van der Waals surface area contributed by atoms with Crippen molar-refractivity contribution in [2.75, 3.05) is 12.4 Å². The van der Waals surface area contributed by atoms with Gasteiger partial charge in [0.1, 0.15) is 17.7 Å². The normalized spacial score (nSPS) is 15.3. The highest BCUT2D eigenvalue weighted by atomic mass is 19.4. The molecule has 4 rings (SSSR count). The molecule has 3 aromatic rings. The molecule has 13 heteroatoms. The summed E-state index contributed by atoms with van der Waals surface area (Å²) in [5.74, 6) is -0.554. The maximum absolute atomic E-state index is 12.9. The number of nitrogens with one attached hydrogen (secondary N) is 1. The second kappa shape index (κ2) is 8.22. The third-order valence-corrected chi connectivity index (χ3v) is 5.38. The highest BCUT2D eigenvalue weighted by Crippen LogP contribution is 2.38. The fourth-order valence-electron chi connectivity index (χ4n) is 3.88. The molecule has 3 heterocycles. The number of rotatable bonds is 4. The van der Waals surface area contributed by atoms with E-state index in [0.717, 1.165) is 23.4 Å². The Morgan fingerprint density at radius 3 is 2.70 bits per heavy atom. The SMILES string of the molecule is CN(C(=O)Oc1ncn(C)n1)C1CCc2c1cn(C)c2C(=O)Nc1ccnc(C(F)(F)F)c1. The van der Waals surface area contributed by atoms with Gasteiger partial charge in [-0.05, 0) is 36.1 Å². The van der Waals surface area contributed by atoms with Crippen LogP contribution in [0.2, 0.25) is 0 Å². The summed E-state index contributed by atoms with van der Waals surface area (Å²) in [6.07, 6.45) is -0.0823. The second-order valence-electron chi connectivity index (χ2n) is 7.64. The number of hydrogen-bond acceptors (Lipinski definition) is 6. The van der Waals surface area contributed by atoms with Gasteiger partial charge in [0.05, 0.1) is 6.04 Å². The molecule has 0 radical (unpaired) electrons. The highest BCUT2D eigenvalue weighted by molar-refractivity contribution is 6.04. The largest absolute Gasteiger partial charge is 0.433 e. The minimum atomic E-state index is -4.62. The van der Waals surface area contributed by atoms with E-state index in [2.05, 4.69) is 20.4 Å². The van der Waals surface area contributed by atoms with Crippen LogP contribution in [-0.4, -0.2) is 48.3 Å². The molecule has 2 amide bonds. The molecule has 0 saturated heterocycles. The van der Waals surface area contributed by atoms with Gasteiger partial charge >= 0.3 is 18.3 Å². The number of amides is 2. The van der Waals surface area contributed by atoms with E-state index in [-0.39, 0.29) is 17.7 Å². The zero-order valence-corrected chi connectivity index (χ0v) is 17.9. The number of aromatic nitrogens is 5. The van der Waals surface area contributed by atoms with Gasteiger partial charge in [-0.25, -0.2) is 4.79 Å². The summed E-state index contributed by atoms with van der Waals surface area (Å²) < 4.78 is 46.9. The number of ether oxygens (including phenoxy) is 1. The fourth-order valence-corrected chi connectivity index (χ4v) is 3.88. The van der Waals surface area contributed by atoms with Crippen LogP contribution in [-0.2, 0) is 26.7 Å². The summed E-state index contributed by atoms with van der Waals surface area (Å²) >= 11 is 0. The Hall–Kier alpha value is -3.90. The van der Waals surface area contributed by atoms with Gasteiger partial charge in [0.15, 0.2) is 0 Å². The molecule has 174 valence electrons. The van der Waals surface area contributed by atoms with Gasteiger partial charge in [-0.15, -0.1) is 5.10 Å². The zero-order chi connectivity index (χ0) is 23.9. The van der Waals surface area contributed by atoms with E-state index >= 15 is 0 Å². The van der Waals surface area contributed by atoms with Crippen LogP contribution in [0, 0.1) is 0 Å². The van der Waals surface area contributed by atoms with Crippen LogP contribution in [0.5, 0.6) is 6.01 Å². The molecular formula is C20H20F3N7O3. The molecular weight excluding hydrogens is 443 g/mol. The van der Waals surface area contributed by atoms with Crippen LogP contribution >= 0.6 is 0 Å². The number of nitrogens with zero attached hydrogens (tertiary/aromatic N) is 6. The molecule has 0 spiro atoms. The lowest BCUT2D eigenvalue weighted by atomic mass is 10.1. The molecule has 1 unspecified atom stereocenters. The minimum Gasteiger partial charge on any atom is -0.373 e. The Bertz CT molecular complexity index is 1220. The number of carbonyl (C=O) groups is 2. The van der Waals surface area contributed by atoms with Gasteiger partial charge in [0.25, 0.3) is 5.91 Å². The van der Waals surface area contributed by atoms with Crippen molar-refractivity contribution in [3.63, 3.8) is 0 Å². The Morgan fingerprint density at radius 1 is 1.27 bits per heavy atom. The quantitative estimate of drug-likeness (QED) is 0.638. The van der Waals surface area contributed by atoms with Crippen LogP contribution < -0.4 is 10.1 Å². The number of alkyl halides is 3. The summed E-state index contributed by atoms with van der Waals surface area (Å²) in [6, 6.07) is 1.64. The minimum absolute atomic E-state index is 0.0182. The zero-order valence-electron chi connectivity index (χ0n) is 17.9. The van der Waals surface area contributed by atoms with E-state index in [0.29, 0.717) is 18.5 Å². The van der Waals surface area contributed by atoms with Crippen molar-refractivity contribution in [1.29, 1.82) is 0 Å². The predicted molar refractivity (Wildman–Crippen MR) is 108 cm³/mol. The Labute approximate surface area is 186 Å². The van der Waals surface area contributed by atoms with Crippen LogP contribution in [0.25, 0.3) is 0 Å². The van der Waals surface area contributed by atoms with Crippen molar-refractivity contribution >= 4 is 17.7 Å². The van der Waals surface area contributed by atoms with E-state index in [1.54, 1.807) is 31.9 Å². The molecule has 10 nitrogen and oxygen atoms in total. The van der Waals surface area contributed by atoms with Gasteiger partial charge in [0, 0.05) is 39.2 Å². The molecule has 0 aliphatic heterocycles. The molecule has 1 N–H and O–H groups in total. The standard InChI is InChI=1S/C20H20F3N7O3/c1-28-9-13-12(4-5-14(13)30(3)19(32)33-18-25-10-29(2)27-18)16(28)17(31)26-11-6-7-24-15(8-11)20(21,22)23/h6-10,14H,4-5H2,1-3H3,(H,24,26,31). The molecule has 0 aromatic carbocycles. The first-order valence-corrected chi connectivity index (χ1v) is 9.87. The third kappa shape index (κ3) is 4.38. The first kappa shape index (κ1) is 22.3. The monoisotopic (exact) mass is 463 g/mol. The van der Waals surface area contributed by atoms with Crippen LogP contribution in [0.4, 0.5) is 23.7 Å². The number of halogens is 3. The maximum atomic E-state index is 12.9. The van der Waals surface area contributed by atoms with Crippen molar-refractivity contribution in [1.82, 2.24) is 29.2 Å². The lowest BCUT2D eigenvalue weighted by Crippen LogP contribution is -2.32. The van der Waals surface area contributed by atoms with Crippen LogP contribution in [0.1, 0.15) is 39.8 Å². The van der Waals surface area contributed by atoms with E-state index in [1.807, 2.05) is 0 Å². The molecule has 1 aliphatic carbocycles. The maximum Gasteiger partial charge on any atom is 0.433 e. The van der Waals surface area contributed by atoms with E-state index in [1.165, 1.54) is 22.0 Å². The Morgan fingerprint density at radius 2 is 2.03 bits per heavy atom. The molecule has 1 atom stereocenters. The van der Waals surface area contributed by atoms with Crippen molar-refractivity contribution in [3.8, 4) is 6.01 Å². The van der Waals surface area contributed by atoms with E-state index < -0.39 is 23.9 Å². The summed E-state index contributed by atoms with van der Waals surface area (Å²) in [5, 5.41) is 6.42. The number of pyridine rings is 1. The molecule has 0 saturated carbocycles. The van der Waals surface area contributed by atoms with Crippen LogP contribution in [0.15, 0.2) is 30.9 Å². The van der Waals surface area contributed by atoms with E-state index in [4.69, 9.17) is 4.74 Å². The number of carbonyl (C=O) groups excluding carboxylic acids is 2. The van der Waals surface area contributed by atoms with E-state index in [9.17, 15) is 22.8 Å². The topological polar surface area (TPSA) is 107 Å². The summed E-state index contributed by atoms with van der Waals surface area (Å²) in [7, 11) is 4.88. The first-order chi connectivity index (χ1) is 15.5. The van der Waals surface area contributed by atoms with Gasteiger partial charge in [-0.1, -0.05) is 0 Å². The second-order valence-corrected chi connectivity index (χ2v) is 7.64. The molecule has 33 heavy (non-hydrogen) atoms. The Balaban J connectivity index is 1.52. The number of fused-ring (bicyclic) bond motifs is 1. The Kier molecular flexibility index (Phi) is 5.56. The molecule has 3 aromatic heterocycles. The van der Waals surface area contributed by atoms with Crippen molar-refractivity contribution in [3.05, 3.63) is 53.4 Å². The van der Waals surface area contributed by atoms with Gasteiger partial charge in [-0.3, -0.25) is 14.5 Å². The van der Waals surface area contributed by atoms with Crippen molar-refractivity contribution in [2.24, 2.45) is 14.1 Å². The van der Waals surface area contributed by atoms with Crippen molar-refractivity contribution in [2.45, 2.75) is 25.1 Å². The van der Waals surface area contributed by atoms with Crippen molar-refractivity contribution < 1.29 is 27.5 Å². The average Bonchev–Trinajstić information content (AvgIpc) is 3.41. The number of hydrogen-bond donors (Lipinski definition) is 1.